The molecule has 0 aliphatic heterocycles. The van der Waals surface area contributed by atoms with Gasteiger partial charge in [0.15, 0.2) is 0 Å². The molecule has 0 fully saturated rings. The van der Waals surface area contributed by atoms with Gasteiger partial charge in [-0.15, -0.1) is 0 Å². The van der Waals surface area contributed by atoms with Crippen molar-refractivity contribution in [2.75, 3.05) is 0 Å². The second-order valence-electron chi connectivity index (χ2n) is 6.95. The lowest BCUT2D eigenvalue weighted by Gasteiger charge is -2.28. The van der Waals surface area contributed by atoms with Gasteiger partial charge >= 0.3 is 0 Å². The van der Waals surface area contributed by atoms with Crippen LogP contribution < -0.4 is 0 Å². The van der Waals surface area contributed by atoms with Crippen LogP contribution in [0.5, 0.6) is 0 Å². The summed E-state index contributed by atoms with van der Waals surface area (Å²) in [7, 11) is 0. The van der Waals surface area contributed by atoms with E-state index in [0.29, 0.717) is 0 Å². The van der Waals surface area contributed by atoms with E-state index in [9.17, 15) is 0 Å². The Labute approximate surface area is 107 Å². The van der Waals surface area contributed by atoms with Gasteiger partial charge in [-0.3, -0.25) is 9.97 Å². The minimum absolute atomic E-state index is 0.0275. The standard InChI is InChI=1S/C15H26N2/c1-10(2)11-9-16-12(14(3,4)5)13(17-11)15(6,7)8/h9-10H,1-8H3/i10T. The highest BCUT2D eigenvalue weighted by molar-refractivity contribution is 5.27. The van der Waals surface area contributed by atoms with Gasteiger partial charge in [-0.05, 0) is 5.89 Å². The van der Waals surface area contributed by atoms with Gasteiger partial charge in [-0.2, -0.15) is 0 Å². The molecule has 17 heavy (non-hydrogen) atoms. The molecule has 0 atom stereocenters. The van der Waals surface area contributed by atoms with Crippen LogP contribution >= 0.6 is 0 Å². The lowest BCUT2D eigenvalue weighted by atomic mass is 9.81. The van der Waals surface area contributed by atoms with E-state index in [-0.39, 0.29) is 10.8 Å². The molecule has 2 nitrogen and oxygen atoms in total. The SMILES string of the molecule is [3H]C(C)(C)c1cnc(C(C)(C)C)c(C(C)(C)C)n1. The Morgan fingerprint density at radius 1 is 1.00 bits per heavy atom. The monoisotopic (exact) mass is 236 g/mol. The molecule has 96 valence electrons. The van der Waals surface area contributed by atoms with E-state index in [4.69, 9.17) is 6.35 Å². The highest BCUT2D eigenvalue weighted by Gasteiger charge is 2.28. The van der Waals surface area contributed by atoms with Gasteiger partial charge in [0.2, 0.25) is 0 Å². The lowest BCUT2D eigenvalue weighted by molar-refractivity contribution is 0.493. The first-order chi connectivity index (χ1) is 7.83. The van der Waals surface area contributed by atoms with Crippen molar-refractivity contribution in [1.82, 2.24) is 9.97 Å². The molecule has 0 aromatic carbocycles. The molecule has 1 rings (SSSR count). The second kappa shape index (κ2) is 4.40. The summed E-state index contributed by atoms with van der Waals surface area (Å²) in [6.07, 6.45) is 1.75. The van der Waals surface area contributed by atoms with Gasteiger partial charge in [-0.25, -0.2) is 0 Å². The average molecular weight is 236 g/mol. The molecule has 1 aromatic heterocycles. The summed E-state index contributed by atoms with van der Waals surface area (Å²) in [6.45, 7) is 16.6. The van der Waals surface area contributed by atoms with Crippen LogP contribution in [0.25, 0.3) is 0 Å². The Morgan fingerprint density at radius 3 is 1.82 bits per heavy atom. The summed E-state index contributed by atoms with van der Waals surface area (Å²) in [4.78, 5) is 9.33. The zero-order valence-electron chi connectivity index (χ0n) is 13.5. The molecule has 0 radical (unpaired) electrons. The largest absolute Gasteiger partial charge is 0.257 e. The maximum atomic E-state index is 8.10. The van der Waals surface area contributed by atoms with E-state index in [1.54, 1.807) is 6.20 Å². The predicted octanol–water partition coefficient (Wildman–Crippen LogP) is 4.20. The van der Waals surface area contributed by atoms with E-state index in [2.05, 4.69) is 46.5 Å². The maximum absolute atomic E-state index is 8.10. The second-order valence-corrected chi connectivity index (χ2v) is 6.95. The van der Waals surface area contributed by atoms with Crippen molar-refractivity contribution in [2.45, 2.75) is 72.1 Å². The molecule has 0 saturated carbocycles. The Bertz CT molecular complexity index is 431. The van der Waals surface area contributed by atoms with Gasteiger partial charge in [0, 0.05) is 18.4 Å². The quantitative estimate of drug-likeness (QED) is 0.730. The number of nitrogens with zero attached hydrogens (tertiary/aromatic N) is 2. The number of hydrogen-bond acceptors (Lipinski definition) is 2. The van der Waals surface area contributed by atoms with Crippen molar-refractivity contribution >= 4 is 0 Å². The van der Waals surface area contributed by atoms with Gasteiger partial charge in [0.25, 0.3) is 0 Å². The van der Waals surface area contributed by atoms with Crippen molar-refractivity contribution in [2.24, 2.45) is 0 Å². The molecule has 1 heterocycles. The number of rotatable bonds is 1. The Hall–Kier alpha value is -0.920. The molecule has 1 aromatic rings. The lowest BCUT2D eigenvalue weighted by Crippen LogP contribution is -2.26. The smallest absolute Gasteiger partial charge is 0.0681 e. The topological polar surface area (TPSA) is 25.8 Å². The maximum Gasteiger partial charge on any atom is 0.0681 e. The van der Waals surface area contributed by atoms with Crippen LogP contribution in [0.3, 0.4) is 0 Å². The van der Waals surface area contributed by atoms with Crippen LogP contribution in [-0.2, 0) is 10.8 Å². The van der Waals surface area contributed by atoms with Crippen LogP contribution in [0.1, 0.15) is 79.7 Å². The first-order valence-electron chi connectivity index (χ1n) is 6.72. The van der Waals surface area contributed by atoms with Crippen molar-refractivity contribution in [3.8, 4) is 0 Å². The molecular weight excluding hydrogens is 208 g/mol. The van der Waals surface area contributed by atoms with Crippen molar-refractivity contribution in [3.05, 3.63) is 23.3 Å². The summed E-state index contributed by atoms with van der Waals surface area (Å²) in [5.41, 5.74) is 2.69. The molecule has 0 amide bonds. The summed E-state index contributed by atoms with van der Waals surface area (Å²) in [5, 5.41) is 0. The molecule has 0 unspecified atom stereocenters. The third-order valence-corrected chi connectivity index (χ3v) is 2.71. The van der Waals surface area contributed by atoms with Crippen molar-refractivity contribution < 1.29 is 1.37 Å². The third kappa shape index (κ3) is 3.27. The van der Waals surface area contributed by atoms with Crippen LogP contribution in [0.2, 0.25) is 0 Å². The van der Waals surface area contributed by atoms with E-state index < -0.39 is 5.89 Å². The van der Waals surface area contributed by atoms with Crippen LogP contribution in [0.4, 0.5) is 0 Å². The van der Waals surface area contributed by atoms with Crippen molar-refractivity contribution in [3.63, 3.8) is 0 Å². The Morgan fingerprint density at radius 2 is 1.47 bits per heavy atom. The molecule has 0 saturated heterocycles. The van der Waals surface area contributed by atoms with Gasteiger partial charge in [-0.1, -0.05) is 55.4 Å². The fourth-order valence-electron chi connectivity index (χ4n) is 1.70. The fourth-order valence-corrected chi connectivity index (χ4v) is 1.70. The van der Waals surface area contributed by atoms with Gasteiger partial charge in [0.1, 0.15) is 0 Å². The van der Waals surface area contributed by atoms with E-state index in [1.807, 2.05) is 13.8 Å². The fraction of sp³-hybridized carbons (Fsp3) is 0.733. The normalized spacial score (nSPS) is 14.7. The zero-order valence-corrected chi connectivity index (χ0v) is 12.5. The predicted molar refractivity (Wildman–Crippen MR) is 73.5 cm³/mol. The molecule has 0 aliphatic carbocycles. The Kier molecular flexibility index (Phi) is 3.24. The highest BCUT2D eigenvalue weighted by Crippen LogP contribution is 2.31. The summed E-state index contributed by atoms with van der Waals surface area (Å²) < 4.78 is 8.10. The first kappa shape index (κ1) is 12.5. The van der Waals surface area contributed by atoms with Crippen molar-refractivity contribution in [1.29, 1.82) is 0 Å². The van der Waals surface area contributed by atoms with Gasteiger partial charge < -0.3 is 0 Å². The van der Waals surface area contributed by atoms with E-state index in [1.165, 1.54) is 0 Å². The minimum Gasteiger partial charge on any atom is -0.257 e. The first-order valence-corrected chi connectivity index (χ1v) is 6.22. The van der Waals surface area contributed by atoms with Crippen LogP contribution in [0, 0.1) is 0 Å². The summed E-state index contributed by atoms with van der Waals surface area (Å²) >= 11 is 0. The highest BCUT2D eigenvalue weighted by atomic mass is 14.9. The number of hydrogen-bond donors (Lipinski definition) is 0. The number of aromatic nitrogens is 2. The van der Waals surface area contributed by atoms with E-state index >= 15 is 0 Å². The average Bonchev–Trinajstić information content (AvgIpc) is 2.12. The molecule has 2 heteroatoms. The molecule has 0 N–H and O–H groups in total. The molecule has 0 spiro atoms. The van der Waals surface area contributed by atoms with E-state index in [0.717, 1.165) is 17.1 Å². The third-order valence-electron chi connectivity index (χ3n) is 2.71. The minimum atomic E-state index is -0.705. The van der Waals surface area contributed by atoms with Crippen LogP contribution in [0.15, 0.2) is 6.20 Å². The zero-order chi connectivity index (χ0) is 14.4. The molecule has 0 aliphatic rings. The Balaban J connectivity index is 3.50. The molecular formula is C15H26N2. The summed E-state index contributed by atoms with van der Waals surface area (Å²) in [5.74, 6) is -0.705. The van der Waals surface area contributed by atoms with Gasteiger partial charge in [0.05, 0.1) is 17.1 Å². The van der Waals surface area contributed by atoms with Crippen LogP contribution in [-0.4, -0.2) is 9.97 Å². The molecule has 0 bridgehead atoms. The summed E-state index contributed by atoms with van der Waals surface area (Å²) in [6, 6.07) is 0.